The van der Waals surface area contributed by atoms with Gasteiger partial charge in [-0.1, -0.05) is 0 Å². The lowest BCUT2D eigenvalue weighted by atomic mass is 9.80. The van der Waals surface area contributed by atoms with Crippen molar-refractivity contribution in [2.24, 2.45) is 5.92 Å². The molecule has 2 aliphatic heterocycles. The minimum absolute atomic E-state index is 0.0119. The molecule has 0 saturated carbocycles. The highest BCUT2D eigenvalue weighted by atomic mass is 32.2. The van der Waals surface area contributed by atoms with Crippen LogP contribution in [0.25, 0.3) is 0 Å². The lowest BCUT2D eigenvalue weighted by Crippen LogP contribution is -2.62. The van der Waals surface area contributed by atoms with Crippen LogP contribution in [0.2, 0.25) is 0 Å². The Morgan fingerprint density at radius 2 is 1.70 bits per heavy atom. The molecule has 0 radical (unpaired) electrons. The van der Waals surface area contributed by atoms with E-state index in [-0.39, 0.29) is 40.3 Å². The normalized spacial score (nSPS) is 30.3. The first kappa shape index (κ1) is 19.1. The van der Waals surface area contributed by atoms with Gasteiger partial charge in [0.2, 0.25) is 10.0 Å². The number of rotatable bonds is 5. The zero-order valence-electron chi connectivity index (χ0n) is 14.6. The number of sulfonamides is 1. The summed E-state index contributed by atoms with van der Waals surface area (Å²) < 4.78 is 50.5. The fourth-order valence-electron chi connectivity index (χ4n) is 4.14. The topological polar surface area (TPSA) is 92.3 Å². The van der Waals surface area contributed by atoms with Crippen molar-refractivity contribution in [3.63, 3.8) is 0 Å². The predicted molar refractivity (Wildman–Crippen MR) is 92.6 cm³/mol. The summed E-state index contributed by atoms with van der Waals surface area (Å²) >= 11 is 0. The molecular formula is C15H30N2O4S2. The van der Waals surface area contributed by atoms with Crippen molar-refractivity contribution in [2.45, 2.75) is 70.5 Å². The van der Waals surface area contributed by atoms with Crippen molar-refractivity contribution in [3.05, 3.63) is 0 Å². The molecule has 1 unspecified atom stereocenters. The van der Waals surface area contributed by atoms with Crippen LogP contribution < -0.4 is 10.0 Å². The number of hydrogen-bond acceptors (Lipinski definition) is 5. The van der Waals surface area contributed by atoms with Gasteiger partial charge in [0.05, 0.1) is 17.3 Å². The highest BCUT2D eigenvalue weighted by Gasteiger charge is 2.39. The Morgan fingerprint density at radius 3 is 2.17 bits per heavy atom. The zero-order valence-corrected chi connectivity index (χ0v) is 16.2. The van der Waals surface area contributed by atoms with Gasteiger partial charge in [-0.2, -0.15) is 0 Å². The number of nitrogens with one attached hydrogen (secondary N) is 2. The van der Waals surface area contributed by atoms with E-state index in [2.05, 4.69) is 37.7 Å². The van der Waals surface area contributed by atoms with Gasteiger partial charge in [-0.05, 0) is 59.3 Å². The molecule has 0 bridgehead atoms. The van der Waals surface area contributed by atoms with E-state index >= 15 is 0 Å². The maximum absolute atomic E-state index is 12.4. The van der Waals surface area contributed by atoms with Crippen LogP contribution >= 0.6 is 0 Å². The first-order valence-corrected chi connectivity index (χ1v) is 11.7. The molecule has 2 saturated heterocycles. The average Bonchev–Trinajstić information content (AvgIpc) is 2.61. The third-order valence-corrected chi connectivity index (χ3v) is 7.96. The highest BCUT2D eigenvalue weighted by Crippen LogP contribution is 2.29. The molecule has 136 valence electrons. The van der Waals surface area contributed by atoms with Gasteiger partial charge in [0.1, 0.15) is 0 Å². The third kappa shape index (κ3) is 5.99. The Labute approximate surface area is 140 Å². The summed E-state index contributed by atoms with van der Waals surface area (Å²) in [6, 6.07) is -0.0847. The molecule has 23 heavy (non-hydrogen) atoms. The fraction of sp³-hybridized carbons (Fsp3) is 1.00. The maximum atomic E-state index is 12.4. The summed E-state index contributed by atoms with van der Waals surface area (Å²) in [6.07, 6.45) is 2.50. The molecule has 2 aliphatic rings. The van der Waals surface area contributed by atoms with Crippen LogP contribution in [0.5, 0.6) is 0 Å². The molecule has 8 heteroatoms. The van der Waals surface area contributed by atoms with Crippen molar-refractivity contribution >= 4 is 19.9 Å². The highest BCUT2D eigenvalue weighted by molar-refractivity contribution is 7.91. The summed E-state index contributed by atoms with van der Waals surface area (Å²) in [6.45, 7) is 8.33. The molecule has 0 spiro atoms. The largest absolute Gasteiger partial charge is 0.307 e. The second-order valence-corrected chi connectivity index (χ2v) is 12.6. The molecule has 1 atom stereocenters. The molecule has 0 aromatic heterocycles. The van der Waals surface area contributed by atoms with Gasteiger partial charge < -0.3 is 5.32 Å². The van der Waals surface area contributed by atoms with Crippen molar-refractivity contribution in [2.75, 3.05) is 17.3 Å². The quantitative estimate of drug-likeness (QED) is 0.758. The van der Waals surface area contributed by atoms with E-state index in [0.717, 1.165) is 12.8 Å². The summed E-state index contributed by atoms with van der Waals surface area (Å²) in [7, 11) is -6.32. The molecule has 0 aromatic rings. The first-order chi connectivity index (χ1) is 10.3. The van der Waals surface area contributed by atoms with E-state index in [1.807, 2.05) is 0 Å². The second-order valence-electron chi connectivity index (χ2n) is 8.49. The molecule has 2 heterocycles. The van der Waals surface area contributed by atoms with E-state index in [0.29, 0.717) is 12.8 Å². The maximum Gasteiger partial charge on any atom is 0.211 e. The molecule has 0 aromatic carbocycles. The van der Waals surface area contributed by atoms with Crippen LogP contribution in [0, 0.1) is 5.92 Å². The van der Waals surface area contributed by atoms with Crippen molar-refractivity contribution in [3.8, 4) is 0 Å². The van der Waals surface area contributed by atoms with Crippen molar-refractivity contribution in [1.82, 2.24) is 10.0 Å². The smallest absolute Gasteiger partial charge is 0.211 e. The third-order valence-electron chi connectivity index (χ3n) is 4.66. The summed E-state index contributed by atoms with van der Waals surface area (Å²) in [5, 5.41) is 3.53. The average molecular weight is 367 g/mol. The Balaban J connectivity index is 1.91. The van der Waals surface area contributed by atoms with Gasteiger partial charge in [-0.25, -0.2) is 21.6 Å². The molecule has 0 aliphatic carbocycles. The van der Waals surface area contributed by atoms with Crippen LogP contribution in [0.4, 0.5) is 0 Å². The van der Waals surface area contributed by atoms with E-state index in [1.54, 1.807) is 0 Å². The standard InChI is InChI=1S/C15H30N2O4S2/c1-14(2)9-13(10-15(3,4)17-14)16-23(20,21)8-6-12-5-7-22(18,19)11-12/h12-13,16-17H,5-11H2,1-4H3. The molecule has 2 fully saturated rings. The van der Waals surface area contributed by atoms with Crippen LogP contribution in [0.15, 0.2) is 0 Å². The Morgan fingerprint density at radius 1 is 1.13 bits per heavy atom. The lowest BCUT2D eigenvalue weighted by Gasteiger charge is -2.46. The van der Waals surface area contributed by atoms with Crippen LogP contribution in [-0.4, -0.2) is 51.2 Å². The number of hydrogen-bond donors (Lipinski definition) is 2. The van der Waals surface area contributed by atoms with E-state index in [4.69, 9.17) is 0 Å². The monoisotopic (exact) mass is 366 g/mol. The molecule has 2 rings (SSSR count). The SMILES string of the molecule is CC1(C)CC(NS(=O)(=O)CCC2CCS(=O)(=O)C2)CC(C)(C)N1. The predicted octanol–water partition coefficient (Wildman–Crippen LogP) is 1.04. The molecule has 0 amide bonds. The first-order valence-electron chi connectivity index (χ1n) is 8.27. The van der Waals surface area contributed by atoms with E-state index in [1.165, 1.54) is 0 Å². The van der Waals surface area contributed by atoms with Gasteiger partial charge in [-0.15, -0.1) is 0 Å². The summed E-state index contributed by atoms with van der Waals surface area (Å²) in [4.78, 5) is 0. The Hall–Kier alpha value is -0.180. The molecule has 2 N–H and O–H groups in total. The van der Waals surface area contributed by atoms with Gasteiger partial charge in [0.25, 0.3) is 0 Å². The van der Waals surface area contributed by atoms with Gasteiger partial charge in [-0.3, -0.25) is 0 Å². The van der Waals surface area contributed by atoms with Gasteiger partial charge >= 0.3 is 0 Å². The van der Waals surface area contributed by atoms with Crippen molar-refractivity contribution in [1.29, 1.82) is 0 Å². The van der Waals surface area contributed by atoms with Gasteiger partial charge in [0, 0.05) is 17.1 Å². The van der Waals surface area contributed by atoms with Crippen LogP contribution in [0.1, 0.15) is 53.4 Å². The number of sulfone groups is 1. The minimum Gasteiger partial charge on any atom is -0.307 e. The summed E-state index contributed by atoms with van der Waals surface area (Å²) in [5.74, 6) is 0.327. The van der Waals surface area contributed by atoms with Crippen LogP contribution in [-0.2, 0) is 19.9 Å². The zero-order chi connectivity index (χ0) is 17.5. The Kier molecular flexibility index (Phi) is 5.23. The van der Waals surface area contributed by atoms with Gasteiger partial charge in [0.15, 0.2) is 9.84 Å². The second kappa shape index (κ2) is 6.28. The van der Waals surface area contributed by atoms with E-state index in [9.17, 15) is 16.8 Å². The van der Waals surface area contributed by atoms with Crippen LogP contribution in [0.3, 0.4) is 0 Å². The fourth-order valence-corrected chi connectivity index (χ4v) is 7.49. The summed E-state index contributed by atoms with van der Waals surface area (Å²) in [5.41, 5.74) is -0.233. The molecular weight excluding hydrogens is 336 g/mol. The Bertz CT molecular complexity index is 622. The minimum atomic E-state index is -3.38. The van der Waals surface area contributed by atoms with E-state index < -0.39 is 19.9 Å². The lowest BCUT2D eigenvalue weighted by molar-refractivity contribution is 0.157. The number of piperidine rings is 1. The van der Waals surface area contributed by atoms with Crippen molar-refractivity contribution < 1.29 is 16.8 Å². The molecule has 6 nitrogen and oxygen atoms in total.